The van der Waals surface area contributed by atoms with Crippen molar-refractivity contribution in [2.24, 2.45) is 0 Å². The summed E-state index contributed by atoms with van der Waals surface area (Å²) < 4.78 is 15.7. The zero-order chi connectivity index (χ0) is 13.0. The lowest BCUT2D eigenvalue weighted by Crippen LogP contribution is -2.07. The van der Waals surface area contributed by atoms with E-state index >= 15 is 0 Å². The number of nitrogens with two attached hydrogens (primary N) is 2. The third-order valence-electron chi connectivity index (χ3n) is 2.44. The first-order valence-electron chi connectivity index (χ1n) is 4.91. The summed E-state index contributed by atoms with van der Waals surface area (Å²) >= 11 is 0. The van der Waals surface area contributed by atoms with Crippen LogP contribution in [0.2, 0.25) is 0 Å². The van der Waals surface area contributed by atoms with Crippen molar-refractivity contribution < 1.29 is 14.2 Å². The van der Waals surface area contributed by atoms with Crippen molar-refractivity contribution in [3.8, 4) is 29.6 Å². The van der Waals surface area contributed by atoms with Crippen LogP contribution in [0.3, 0.4) is 0 Å². The van der Waals surface area contributed by atoms with Crippen molar-refractivity contribution in [3.05, 3.63) is 5.56 Å². The Morgan fingerprint density at radius 1 is 0.941 bits per heavy atom. The van der Waals surface area contributed by atoms with Gasteiger partial charge in [-0.15, -0.1) is 12.3 Å². The summed E-state index contributed by atoms with van der Waals surface area (Å²) in [6.07, 6.45) is 5.60. The Bertz CT molecular complexity index is 464. The molecule has 0 spiro atoms. The monoisotopic (exact) mass is 236 g/mol. The maximum atomic E-state index is 5.91. The van der Waals surface area contributed by atoms with Gasteiger partial charge in [0.1, 0.15) is 5.69 Å². The van der Waals surface area contributed by atoms with E-state index in [2.05, 4.69) is 5.92 Å². The molecule has 1 rings (SSSR count). The molecule has 0 radical (unpaired) electrons. The summed E-state index contributed by atoms with van der Waals surface area (Å²) in [6.45, 7) is 0. The number of hydrogen-bond acceptors (Lipinski definition) is 5. The van der Waals surface area contributed by atoms with Crippen LogP contribution in [0.15, 0.2) is 0 Å². The fourth-order valence-corrected chi connectivity index (χ4v) is 1.65. The number of benzene rings is 1. The van der Waals surface area contributed by atoms with Gasteiger partial charge >= 0.3 is 0 Å². The molecule has 0 bridgehead atoms. The minimum Gasteiger partial charge on any atom is -0.492 e. The second-order valence-electron chi connectivity index (χ2n) is 3.29. The molecule has 0 aliphatic carbocycles. The molecule has 0 atom stereocenters. The first-order chi connectivity index (χ1) is 8.12. The Morgan fingerprint density at radius 3 is 1.88 bits per heavy atom. The van der Waals surface area contributed by atoms with Crippen molar-refractivity contribution in [3.63, 3.8) is 0 Å². The molecule has 0 aromatic heterocycles. The third kappa shape index (κ3) is 2.02. The van der Waals surface area contributed by atoms with Crippen molar-refractivity contribution in [1.29, 1.82) is 0 Å². The maximum absolute atomic E-state index is 5.91. The van der Waals surface area contributed by atoms with Crippen molar-refractivity contribution in [1.82, 2.24) is 0 Å². The van der Waals surface area contributed by atoms with Gasteiger partial charge in [0.05, 0.1) is 27.0 Å². The Hall–Kier alpha value is -2.22. The predicted octanol–water partition coefficient (Wildman–Crippen LogP) is 1.05. The fraction of sp³-hybridized carbons (Fsp3) is 0.333. The first-order valence-corrected chi connectivity index (χ1v) is 4.91. The lowest BCUT2D eigenvalue weighted by Gasteiger charge is -2.19. The zero-order valence-electron chi connectivity index (χ0n) is 10.2. The number of terminal acetylenes is 1. The van der Waals surface area contributed by atoms with Crippen LogP contribution in [-0.4, -0.2) is 21.3 Å². The Balaban J connectivity index is 3.63. The fourth-order valence-electron chi connectivity index (χ4n) is 1.65. The van der Waals surface area contributed by atoms with E-state index in [0.29, 0.717) is 40.6 Å². The summed E-state index contributed by atoms with van der Waals surface area (Å²) in [4.78, 5) is 0. The number of hydrogen-bond donors (Lipinski definition) is 2. The number of rotatable bonds is 4. The highest BCUT2D eigenvalue weighted by Crippen LogP contribution is 2.48. The van der Waals surface area contributed by atoms with Crippen LogP contribution < -0.4 is 25.7 Å². The summed E-state index contributed by atoms with van der Waals surface area (Å²) in [5.74, 6) is 3.70. The van der Waals surface area contributed by atoms with Gasteiger partial charge in [0.2, 0.25) is 5.75 Å². The molecule has 0 aliphatic heterocycles. The molecule has 0 saturated carbocycles. The van der Waals surface area contributed by atoms with Crippen LogP contribution in [0.4, 0.5) is 11.4 Å². The normalized spacial score (nSPS) is 9.53. The van der Waals surface area contributed by atoms with Crippen molar-refractivity contribution in [2.75, 3.05) is 32.8 Å². The van der Waals surface area contributed by atoms with Crippen LogP contribution in [-0.2, 0) is 6.42 Å². The molecule has 0 amide bonds. The summed E-state index contributed by atoms with van der Waals surface area (Å²) in [7, 11) is 4.48. The molecular weight excluding hydrogens is 220 g/mol. The Kier molecular flexibility index (Phi) is 3.94. The van der Waals surface area contributed by atoms with E-state index in [9.17, 15) is 0 Å². The maximum Gasteiger partial charge on any atom is 0.205 e. The van der Waals surface area contributed by atoms with E-state index in [4.69, 9.17) is 32.1 Å². The predicted molar refractivity (Wildman–Crippen MR) is 67.5 cm³/mol. The van der Waals surface area contributed by atoms with Gasteiger partial charge in [0, 0.05) is 12.0 Å². The molecule has 92 valence electrons. The molecule has 1 aromatic rings. The van der Waals surface area contributed by atoms with Gasteiger partial charge in [-0.3, -0.25) is 0 Å². The van der Waals surface area contributed by atoms with Crippen LogP contribution in [0.25, 0.3) is 0 Å². The second kappa shape index (κ2) is 5.21. The molecular formula is C12H16N2O3. The number of anilines is 2. The molecule has 5 nitrogen and oxygen atoms in total. The summed E-state index contributed by atoms with van der Waals surface area (Å²) in [6, 6.07) is 0. The topological polar surface area (TPSA) is 79.7 Å². The van der Waals surface area contributed by atoms with Gasteiger partial charge in [-0.25, -0.2) is 0 Å². The van der Waals surface area contributed by atoms with Gasteiger partial charge in [-0.2, -0.15) is 0 Å². The highest BCUT2D eigenvalue weighted by molar-refractivity contribution is 5.83. The van der Waals surface area contributed by atoms with Crippen LogP contribution in [0.1, 0.15) is 5.56 Å². The first kappa shape index (κ1) is 12.8. The van der Waals surface area contributed by atoms with Crippen molar-refractivity contribution in [2.45, 2.75) is 6.42 Å². The van der Waals surface area contributed by atoms with Gasteiger partial charge in [0.15, 0.2) is 11.5 Å². The van der Waals surface area contributed by atoms with E-state index in [1.54, 1.807) is 0 Å². The van der Waals surface area contributed by atoms with Gasteiger partial charge in [0.25, 0.3) is 0 Å². The molecule has 0 fully saturated rings. The van der Waals surface area contributed by atoms with Crippen LogP contribution in [0.5, 0.6) is 17.2 Å². The minimum atomic E-state index is 0.301. The Labute approximate surface area is 101 Å². The molecule has 0 unspecified atom stereocenters. The Morgan fingerprint density at radius 2 is 1.47 bits per heavy atom. The van der Waals surface area contributed by atoms with E-state index in [0.717, 1.165) is 0 Å². The molecule has 0 saturated heterocycles. The lowest BCUT2D eigenvalue weighted by atomic mass is 10.1. The quantitative estimate of drug-likeness (QED) is 0.603. The smallest absolute Gasteiger partial charge is 0.205 e. The average Bonchev–Trinajstić information content (AvgIpc) is 2.34. The molecule has 1 aromatic carbocycles. The minimum absolute atomic E-state index is 0.301. The lowest BCUT2D eigenvalue weighted by molar-refractivity contribution is 0.324. The molecule has 17 heavy (non-hydrogen) atoms. The van der Waals surface area contributed by atoms with E-state index in [1.165, 1.54) is 21.3 Å². The highest BCUT2D eigenvalue weighted by Gasteiger charge is 2.22. The van der Waals surface area contributed by atoms with Crippen LogP contribution in [0, 0.1) is 12.3 Å². The third-order valence-corrected chi connectivity index (χ3v) is 2.44. The highest BCUT2D eigenvalue weighted by atomic mass is 16.5. The number of methoxy groups -OCH3 is 3. The SMILES string of the molecule is C#CCc1c(N)c(N)c(OC)c(OC)c1OC. The van der Waals surface area contributed by atoms with Gasteiger partial charge in [-0.05, 0) is 0 Å². The average molecular weight is 236 g/mol. The second-order valence-corrected chi connectivity index (χ2v) is 3.29. The van der Waals surface area contributed by atoms with Gasteiger partial charge < -0.3 is 25.7 Å². The molecule has 0 aliphatic rings. The summed E-state index contributed by atoms with van der Waals surface area (Å²) in [5.41, 5.74) is 13.1. The largest absolute Gasteiger partial charge is 0.492 e. The van der Waals surface area contributed by atoms with E-state index < -0.39 is 0 Å². The van der Waals surface area contributed by atoms with Crippen LogP contribution >= 0.6 is 0 Å². The van der Waals surface area contributed by atoms with E-state index in [-0.39, 0.29) is 0 Å². The number of nitrogen functional groups attached to an aromatic ring is 2. The zero-order valence-corrected chi connectivity index (χ0v) is 10.2. The molecule has 4 N–H and O–H groups in total. The number of ether oxygens (including phenoxy) is 3. The molecule has 5 heteroatoms. The summed E-state index contributed by atoms with van der Waals surface area (Å²) in [5, 5.41) is 0. The molecule has 0 heterocycles. The standard InChI is InChI=1S/C12H16N2O3/c1-5-6-7-8(13)9(14)11(16-3)12(17-4)10(7)15-2/h1H,6,13-14H2,2-4H3. The van der Waals surface area contributed by atoms with E-state index in [1.807, 2.05) is 0 Å². The van der Waals surface area contributed by atoms with Gasteiger partial charge in [-0.1, -0.05) is 0 Å². The van der Waals surface area contributed by atoms with Crippen molar-refractivity contribution >= 4 is 11.4 Å².